The Hall–Kier alpha value is -1.95. The molecule has 1 aliphatic rings. The van der Waals surface area contributed by atoms with Crippen LogP contribution >= 0.6 is 0 Å². The molecule has 1 fully saturated rings. The van der Waals surface area contributed by atoms with Crippen molar-refractivity contribution in [3.05, 3.63) is 36.0 Å². The molecule has 3 rings (SSSR count). The van der Waals surface area contributed by atoms with Gasteiger partial charge in [0.1, 0.15) is 11.5 Å². The van der Waals surface area contributed by atoms with Gasteiger partial charge in [-0.15, -0.1) is 5.10 Å². The first kappa shape index (κ1) is 12.1. The molecule has 0 N–H and O–H groups in total. The number of rotatable bonds is 5. The molecule has 6 heteroatoms. The Morgan fingerprint density at radius 2 is 2.53 bits per heavy atom. The molecule has 3 heterocycles. The molecule has 2 aromatic heterocycles. The van der Waals surface area contributed by atoms with Crippen LogP contribution in [0.1, 0.15) is 17.9 Å². The minimum absolute atomic E-state index is 0.524. The fraction of sp³-hybridized carbons (Fsp3) is 0.462. The van der Waals surface area contributed by atoms with E-state index in [-0.39, 0.29) is 0 Å². The van der Waals surface area contributed by atoms with Crippen LogP contribution < -0.4 is 0 Å². The van der Waals surface area contributed by atoms with E-state index in [1.54, 1.807) is 12.5 Å². The molecule has 0 spiro atoms. The molecule has 0 aliphatic carbocycles. The van der Waals surface area contributed by atoms with Crippen LogP contribution in [0.25, 0.3) is 0 Å². The molecular weight excluding hydrogens is 244 g/mol. The van der Waals surface area contributed by atoms with Crippen molar-refractivity contribution in [1.82, 2.24) is 15.0 Å². The van der Waals surface area contributed by atoms with Crippen LogP contribution in [-0.4, -0.2) is 34.4 Å². The predicted octanol–water partition coefficient (Wildman–Crippen LogP) is 1.53. The maximum Gasteiger partial charge on any atom is 0.125 e. The van der Waals surface area contributed by atoms with Crippen molar-refractivity contribution in [2.45, 2.75) is 19.5 Å². The highest BCUT2D eigenvalue weighted by atomic mass is 16.5. The van der Waals surface area contributed by atoms with E-state index in [1.807, 2.05) is 23.0 Å². The SMILES string of the molecule is C(=NCc1ccco1)c1cn(C[C@H]2CCOC2)nn1. The third-order valence-corrected chi connectivity index (χ3v) is 3.08. The summed E-state index contributed by atoms with van der Waals surface area (Å²) < 4.78 is 12.4. The van der Waals surface area contributed by atoms with Crippen molar-refractivity contribution in [3.8, 4) is 0 Å². The highest BCUT2D eigenvalue weighted by Gasteiger charge is 2.16. The number of aromatic nitrogens is 3. The van der Waals surface area contributed by atoms with Crippen molar-refractivity contribution in [2.75, 3.05) is 13.2 Å². The van der Waals surface area contributed by atoms with E-state index in [0.717, 1.165) is 37.6 Å². The van der Waals surface area contributed by atoms with Gasteiger partial charge in [0.05, 0.1) is 31.8 Å². The summed E-state index contributed by atoms with van der Waals surface area (Å²) in [6.07, 6.45) is 6.37. The Morgan fingerprint density at radius 1 is 1.53 bits per heavy atom. The van der Waals surface area contributed by atoms with Gasteiger partial charge in [0, 0.05) is 19.1 Å². The minimum Gasteiger partial charge on any atom is -0.467 e. The van der Waals surface area contributed by atoms with Gasteiger partial charge in [0.25, 0.3) is 0 Å². The Labute approximate surface area is 111 Å². The molecular formula is C13H16N4O2. The molecule has 0 saturated carbocycles. The monoisotopic (exact) mass is 260 g/mol. The first-order valence-electron chi connectivity index (χ1n) is 6.40. The Bertz CT molecular complexity index is 527. The summed E-state index contributed by atoms with van der Waals surface area (Å²) in [4.78, 5) is 4.27. The van der Waals surface area contributed by atoms with Crippen LogP contribution in [0.15, 0.2) is 34.0 Å². The van der Waals surface area contributed by atoms with Crippen molar-refractivity contribution >= 4 is 6.21 Å². The smallest absolute Gasteiger partial charge is 0.125 e. The molecule has 0 unspecified atom stereocenters. The van der Waals surface area contributed by atoms with Gasteiger partial charge in [-0.25, -0.2) is 0 Å². The molecule has 1 aliphatic heterocycles. The van der Waals surface area contributed by atoms with Gasteiger partial charge in [0.2, 0.25) is 0 Å². The number of nitrogens with zero attached hydrogens (tertiary/aromatic N) is 4. The number of hydrogen-bond acceptors (Lipinski definition) is 5. The highest BCUT2D eigenvalue weighted by Crippen LogP contribution is 2.13. The summed E-state index contributed by atoms with van der Waals surface area (Å²) in [6.45, 7) is 3.06. The lowest BCUT2D eigenvalue weighted by molar-refractivity contribution is 0.181. The number of ether oxygens (including phenoxy) is 1. The maximum absolute atomic E-state index is 5.34. The van der Waals surface area contributed by atoms with E-state index in [4.69, 9.17) is 9.15 Å². The molecule has 19 heavy (non-hydrogen) atoms. The van der Waals surface area contributed by atoms with Crippen LogP contribution in [0.2, 0.25) is 0 Å². The van der Waals surface area contributed by atoms with Gasteiger partial charge in [-0.05, 0) is 18.6 Å². The zero-order valence-corrected chi connectivity index (χ0v) is 10.6. The third-order valence-electron chi connectivity index (χ3n) is 3.08. The fourth-order valence-corrected chi connectivity index (χ4v) is 2.09. The molecule has 0 radical (unpaired) electrons. The van der Waals surface area contributed by atoms with Crippen molar-refractivity contribution in [1.29, 1.82) is 0 Å². The zero-order valence-electron chi connectivity index (χ0n) is 10.6. The van der Waals surface area contributed by atoms with E-state index < -0.39 is 0 Å². The lowest BCUT2D eigenvalue weighted by atomic mass is 10.1. The molecule has 100 valence electrons. The maximum atomic E-state index is 5.34. The van der Waals surface area contributed by atoms with Crippen LogP contribution in [-0.2, 0) is 17.8 Å². The third kappa shape index (κ3) is 3.29. The summed E-state index contributed by atoms with van der Waals surface area (Å²) in [7, 11) is 0. The molecule has 6 nitrogen and oxygen atoms in total. The van der Waals surface area contributed by atoms with Crippen LogP contribution in [0.5, 0.6) is 0 Å². The van der Waals surface area contributed by atoms with Gasteiger partial charge in [-0.2, -0.15) is 0 Å². The van der Waals surface area contributed by atoms with Gasteiger partial charge < -0.3 is 9.15 Å². The zero-order chi connectivity index (χ0) is 12.9. The fourth-order valence-electron chi connectivity index (χ4n) is 2.09. The molecule has 2 aromatic rings. The molecule has 0 amide bonds. The largest absolute Gasteiger partial charge is 0.467 e. The second kappa shape index (κ2) is 5.79. The molecule has 0 aromatic carbocycles. The standard InChI is InChI=1S/C13H16N4O2/c1-2-13(19-4-1)7-14-6-12-9-17(16-15-12)8-11-3-5-18-10-11/h1-2,4,6,9,11H,3,5,7-8,10H2/t11-/m1/s1. The van der Waals surface area contributed by atoms with E-state index in [0.29, 0.717) is 12.5 Å². The van der Waals surface area contributed by atoms with Crippen molar-refractivity contribution in [3.63, 3.8) is 0 Å². The van der Waals surface area contributed by atoms with Gasteiger partial charge in [-0.1, -0.05) is 5.21 Å². The van der Waals surface area contributed by atoms with Crippen LogP contribution in [0.4, 0.5) is 0 Å². The van der Waals surface area contributed by atoms with E-state index in [9.17, 15) is 0 Å². The van der Waals surface area contributed by atoms with Crippen LogP contribution in [0, 0.1) is 5.92 Å². The van der Waals surface area contributed by atoms with Crippen molar-refractivity contribution in [2.24, 2.45) is 10.9 Å². The lowest BCUT2D eigenvalue weighted by Crippen LogP contribution is -2.11. The highest BCUT2D eigenvalue weighted by molar-refractivity contribution is 5.76. The molecule has 0 bridgehead atoms. The van der Waals surface area contributed by atoms with E-state index in [2.05, 4.69) is 15.3 Å². The second-order valence-corrected chi connectivity index (χ2v) is 4.64. The van der Waals surface area contributed by atoms with E-state index >= 15 is 0 Å². The first-order valence-corrected chi connectivity index (χ1v) is 6.40. The molecule has 1 saturated heterocycles. The van der Waals surface area contributed by atoms with Crippen molar-refractivity contribution < 1.29 is 9.15 Å². The predicted molar refractivity (Wildman–Crippen MR) is 69.0 cm³/mol. The summed E-state index contributed by atoms with van der Waals surface area (Å²) in [5.41, 5.74) is 0.769. The quantitative estimate of drug-likeness (QED) is 0.765. The average Bonchev–Trinajstić information content (AvgIpc) is 3.12. The average molecular weight is 260 g/mol. The van der Waals surface area contributed by atoms with Gasteiger partial charge in [-0.3, -0.25) is 9.67 Å². The van der Waals surface area contributed by atoms with Gasteiger partial charge in [0.15, 0.2) is 0 Å². The first-order chi connectivity index (χ1) is 9.40. The topological polar surface area (TPSA) is 65.4 Å². The number of furan rings is 1. The summed E-state index contributed by atoms with van der Waals surface area (Å²) in [5.74, 6) is 1.39. The number of aliphatic imine (C=N–C) groups is 1. The number of hydrogen-bond donors (Lipinski definition) is 0. The summed E-state index contributed by atoms with van der Waals surface area (Å²) >= 11 is 0. The Balaban J connectivity index is 1.53. The van der Waals surface area contributed by atoms with E-state index in [1.165, 1.54) is 0 Å². The van der Waals surface area contributed by atoms with Crippen LogP contribution in [0.3, 0.4) is 0 Å². The minimum atomic E-state index is 0.524. The summed E-state index contributed by atoms with van der Waals surface area (Å²) in [5, 5.41) is 8.16. The normalized spacial score (nSPS) is 19.5. The lowest BCUT2D eigenvalue weighted by Gasteiger charge is -2.05. The Kier molecular flexibility index (Phi) is 3.69. The second-order valence-electron chi connectivity index (χ2n) is 4.64. The molecule has 1 atom stereocenters. The summed E-state index contributed by atoms with van der Waals surface area (Å²) in [6, 6.07) is 3.75. The van der Waals surface area contributed by atoms with Gasteiger partial charge >= 0.3 is 0 Å². The Morgan fingerprint density at radius 3 is 3.32 bits per heavy atom.